The van der Waals surface area contributed by atoms with Crippen molar-refractivity contribution in [3.63, 3.8) is 0 Å². The van der Waals surface area contributed by atoms with E-state index in [0.29, 0.717) is 6.04 Å². The summed E-state index contributed by atoms with van der Waals surface area (Å²) < 4.78 is 13.2. The van der Waals surface area contributed by atoms with Crippen LogP contribution in [0.15, 0.2) is 23.1 Å². The van der Waals surface area contributed by atoms with Crippen LogP contribution in [0.1, 0.15) is 37.8 Å². The van der Waals surface area contributed by atoms with Crippen LogP contribution in [0.25, 0.3) is 0 Å². The molecule has 1 nitrogen and oxygen atoms in total. The van der Waals surface area contributed by atoms with Crippen molar-refractivity contribution in [2.75, 3.05) is 12.3 Å². The number of hydrogen-bond acceptors (Lipinski definition) is 2. The molecule has 0 amide bonds. The maximum absolute atomic E-state index is 13.2. The monoisotopic (exact) mass is 239 g/mol. The van der Waals surface area contributed by atoms with Crippen LogP contribution < -0.4 is 5.32 Å². The van der Waals surface area contributed by atoms with E-state index in [9.17, 15) is 4.39 Å². The molecule has 0 saturated carbocycles. The standard InChI is InChI=1S/C13H18FNS/c1-2-7-15-12-4-3-8-16-13-9-10(14)5-6-11(12)13/h5-6,9,12,15H,2-4,7-8H2,1H3. The smallest absolute Gasteiger partial charge is 0.124 e. The largest absolute Gasteiger partial charge is 0.310 e. The number of fused-ring (bicyclic) bond motifs is 1. The molecule has 0 saturated heterocycles. The molecule has 2 rings (SSSR count). The summed E-state index contributed by atoms with van der Waals surface area (Å²) in [6.45, 7) is 3.20. The summed E-state index contributed by atoms with van der Waals surface area (Å²) in [4.78, 5) is 1.12. The SMILES string of the molecule is CCCNC1CCCSc2cc(F)ccc21. The molecule has 88 valence electrons. The van der Waals surface area contributed by atoms with Crippen LogP contribution >= 0.6 is 11.8 Å². The normalized spacial score (nSPS) is 20.2. The summed E-state index contributed by atoms with van der Waals surface area (Å²) in [5.41, 5.74) is 1.28. The number of benzene rings is 1. The van der Waals surface area contributed by atoms with Crippen LogP contribution in [-0.4, -0.2) is 12.3 Å². The highest BCUT2D eigenvalue weighted by Crippen LogP contribution is 2.35. The first-order chi connectivity index (χ1) is 7.81. The third kappa shape index (κ3) is 2.77. The Balaban J connectivity index is 2.22. The van der Waals surface area contributed by atoms with Gasteiger partial charge in [-0.1, -0.05) is 13.0 Å². The number of nitrogens with one attached hydrogen (secondary N) is 1. The van der Waals surface area contributed by atoms with Gasteiger partial charge >= 0.3 is 0 Å². The topological polar surface area (TPSA) is 12.0 Å². The van der Waals surface area contributed by atoms with Crippen molar-refractivity contribution in [1.82, 2.24) is 5.32 Å². The number of thioether (sulfide) groups is 1. The van der Waals surface area contributed by atoms with Crippen molar-refractivity contribution in [2.45, 2.75) is 37.1 Å². The summed E-state index contributed by atoms with van der Waals surface area (Å²) in [7, 11) is 0. The van der Waals surface area contributed by atoms with Gasteiger partial charge in [0, 0.05) is 10.9 Å². The summed E-state index contributed by atoms with van der Waals surface area (Å²) in [6, 6.07) is 5.60. The molecule has 1 heterocycles. The Kier molecular flexibility index (Phi) is 4.24. The fourth-order valence-corrected chi connectivity index (χ4v) is 3.18. The molecule has 16 heavy (non-hydrogen) atoms. The Morgan fingerprint density at radius 1 is 1.50 bits per heavy atom. The minimum atomic E-state index is -0.123. The number of halogens is 1. The lowest BCUT2D eigenvalue weighted by molar-refractivity contribution is 0.491. The summed E-state index contributed by atoms with van der Waals surface area (Å²) >= 11 is 1.78. The van der Waals surface area contributed by atoms with Crippen molar-refractivity contribution in [3.05, 3.63) is 29.6 Å². The van der Waals surface area contributed by atoms with Gasteiger partial charge in [-0.3, -0.25) is 0 Å². The Morgan fingerprint density at radius 3 is 3.19 bits per heavy atom. The highest BCUT2D eigenvalue weighted by atomic mass is 32.2. The minimum Gasteiger partial charge on any atom is -0.310 e. The van der Waals surface area contributed by atoms with Gasteiger partial charge in [0.15, 0.2) is 0 Å². The van der Waals surface area contributed by atoms with Crippen LogP contribution in [0.4, 0.5) is 4.39 Å². The molecule has 1 aromatic rings. The maximum atomic E-state index is 13.2. The first kappa shape index (κ1) is 11.9. The molecule has 1 aromatic carbocycles. The summed E-state index contributed by atoms with van der Waals surface area (Å²) in [6.07, 6.45) is 3.49. The van der Waals surface area contributed by atoms with Crippen molar-refractivity contribution >= 4 is 11.8 Å². The Hall–Kier alpha value is -0.540. The highest BCUT2D eigenvalue weighted by Gasteiger charge is 2.18. The lowest BCUT2D eigenvalue weighted by Gasteiger charge is -2.18. The molecular formula is C13H18FNS. The lowest BCUT2D eigenvalue weighted by Crippen LogP contribution is -2.22. The first-order valence-corrected chi connectivity index (χ1v) is 6.95. The zero-order valence-corrected chi connectivity index (χ0v) is 10.4. The molecule has 1 aliphatic rings. The molecular weight excluding hydrogens is 221 g/mol. The van der Waals surface area contributed by atoms with E-state index >= 15 is 0 Å². The molecule has 0 fully saturated rings. The second-order valence-electron chi connectivity index (χ2n) is 4.18. The average Bonchev–Trinajstić information content (AvgIpc) is 2.48. The van der Waals surface area contributed by atoms with E-state index in [-0.39, 0.29) is 5.82 Å². The first-order valence-electron chi connectivity index (χ1n) is 5.97. The van der Waals surface area contributed by atoms with Crippen molar-refractivity contribution in [3.8, 4) is 0 Å². The van der Waals surface area contributed by atoms with E-state index in [1.165, 1.54) is 12.0 Å². The number of rotatable bonds is 3. The molecule has 1 unspecified atom stereocenters. The molecule has 0 aliphatic carbocycles. The van der Waals surface area contributed by atoms with Gasteiger partial charge in [-0.2, -0.15) is 0 Å². The Bertz CT molecular complexity index is 354. The molecule has 1 aliphatic heterocycles. The molecule has 3 heteroatoms. The second kappa shape index (κ2) is 5.69. The van der Waals surface area contributed by atoms with Gasteiger partial charge in [0.05, 0.1) is 0 Å². The lowest BCUT2D eigenvalue weighted by atomic mass is 10.0. The van der Waals surface area contributed by atoms with Crippen LogP contribution in [0.5, 0.6) is 0 Å². The van der Waals surface area contributed by atoms with E-state index < -0.39 is 0 Å². The predicted molar refractivity (Wildman–Crippen MR) is 67.4 cm³/mol. The highest BCUT2D eigenvalue weighted by molar-refractivity contribution is 7.99. The minimum absolute atomic E-state index is 0.123. The molecule has 1 N–H and O–H groups in total. The van der Waals surface area contributed by atoms with Gasteiger partial charge in [-0.15, -0.1) is 11.8 Å². The van der Waals surface area contributed by atoms with E-state index in [1.807, 2.05) is 6.07 Å². The van der Waals surface area contributed by atoms with Crippen LogP contribution in [0.2, 0.25) is 0 Å². The van der Waals surface area contributed by atoms with Gasteiger partial charge in [0.25, 0.3) is 0 Å². The third-order valence-corrected chi connectivity index (χ3v) is 4.04. The van der Waals surface area contributed by atoms with Crippen LogP contribution in [0.3, 0.4) is 0 Å². The Morgan fingerprint density at radius 2 is 2.38 bits per heavy atom. The average molecular weight is 239 g/mol. The van der Waals surface area contributed by atoms with E-state index in [1.54, 1.807) is 23.9 Å². The molecule has 0 radical (unpaired) electrons. The zero-order valence-electron chi connectivity index (χ0n) is 9.63. The van der Waals surface area contributed by atoms with Gasteiger partial charge < -0.3 is 5.32 Å². The zero-order chi connectivity index (χ0) is 11.4. The Labute approximate surface area is 101 Å². The van der Waals surface area contributed by atoms with E-state index in [4.69, 9.17) is 0 Å². The summed E-state index contributed by atoms with van der Waals surface area (Å²) in [5, 5.41) is 3.55. The fourth-order valence-electron chi connectivity index (χ4n) is 2.08. The van der Waals surface area contributed by atoms with Gasteiger partial charge in [0.2, 0.25) is 0 Å². The molecule has 0 bridgehead atoms. The van der Waals surface area contributed by atoms with Gasteiger partial charge in [-0.25, -0.2) is 4.39 Å². The van der Waals surface area contributed by atoms with Crippen molar-refractivity contribution < 1.29 is 4.39 Å². The van der Waals surface area contributed by atoms with Crippen LogP contribution in [-0.2, 0) is 0 Å². The quantitative estimate of drug-likeness (QED) is 0.862. The van der Waals surface area contributed by atoms with Crippen molar-refractivity contribution in [2.24, 2.45) is 0 Å². The molecule has 0 aromatic heterocycles. The van der Waals surface area contributed by atoms with Gasteiger partial charge in [0.1, 0.15) is 5.82 Å². The van der Waals surface area contributed by atoms with Gasteiger partial charge in [-0.05, 0) is 49.3 Å². The summed E-state index contributed by atoms with van der Waals surface area (Å²) in [5.74, 6) is 0.975. The molecule has 1 atom stereocenters. The molecule has 0 spiro atoms. The third-order valence-electron chi connectivity index (χ3n) is 2.89. The number of hydrogen-bond donors (Lipinski definition) is 1. The van der Waals surface area contributed by atoms with Crippen molar-refractivity contribution in [1.29, 1.82) is 0 Å². The maximum Gasteiger partial charge on any atom is 0.124 e. The second-order valence-corrected chi connectivity index (χ2v) is 5.32. The van der Waals surface area contributed by atoms with Crippen LogP contribution in [0, 0.1) is 5.82 Å². The van der Waals surface area contributed by atoms with E-state index in [2.05, 4.69) is 12.2 Å². The van der Waals surface area contributed by atoms with E-state index in [0.717, 1.165) is 30.0 Å². The fraction of sp³-hybridized carbons (Fsp3) is 0.538. The predicted octanol–water partition coefficient (Wildman–Crippen LogP) is 3.75.